The van der Waals surface area contributed by atoms with Gasteiger partial charge in [0.1, 0.15) is 5.75 Å². The van der Waals surface area contributed by atoms with Crippen LogP contribution in [0.25, 0.3) is 11.6 Å². The van der Waals surface area contributed by atoms with Crippen molar-refractivity contribution >= 4 is 23.3 Å². The van der Waals surface area contributed by atoms with E-state index in [1.165, 1.54) is 19.3 Å². The zero-order valence-corrected chi connectivity index (χ0v) is 13.0. The van der Waals surface area contributed by atoms with Crippen molar-refractivity contribution in [2.24, 2.45) is 0 Å². The fourth-order valence-corrected chi connectivity index (χ4v) is 2.23. The Bertz CT molecular complexity index is 841. The van der Waals surface area contributed by atoms with Crippen molar-refractivity contribution in [1.29, 1.82) is 0 Å². The molecule has 0 saturated carbocycles. The highest BCUT2D eigenvalue weighted by Crippen LogP contribution is 2.31. The number of benzene rings is 2. The van der Waals surface area contributed by atoms with Gasteiger partial charge in [-0.3, -0.25) is 10.1 Å². The summed E-state index contributed by atoms with van der Waals surface area (Å²) >= 11 is 0. The Morgan fingerprint density at radius 1 is 1.25 bits per heavy atom. The minimum absolute atomic E-state index is 0.0736. The topological polar surface area (TPSA) is 110 Å². The molecule has 0 saturated heterocycles. The van der Waals surface area contributed by atoms with Crippen molar-refractivity contribution in [2.45, 2.75) is 6.92 Å². The number of aryl methyl sites for hydroxylation is 1. The highest BCUT2D eigenvalue weighted by Gasteiger charge is 2.18. The third kappa shape index (κ3) is 3.52. The summed E-state index contributed by atoms with van der Waals surface area (Å²) in [6, 6.07) is 8.76. The Morgan fingerprint density at radius 2 is 1.96 bits per heavy atom. The van der Waals surface area contributed by atoms with Gasteiger partial charge in [-0.1, -0.05) is 17.7 Å². The maximum absolute atomic E-state index is 11.7. The number of carbonyl (C=O) groups is 1. The molecule has 2 aromatic carbocycles. The van der Waals surface area contributed by atoms with Crippen LogP contribution in [0.3, 0.4) is 0 Å². The summed E-state index contributed by atoms with van der Waals surface area (Å²) in [4.78, 5) is 21.8. The summed E-state index contributed by atoms with van der Waals surface area (Å²) in [6.07, 6.45) is 1.30. The Morgan fingerprint density at radius 3 is 2.54 bits per heavy atom. The van der Waals surface area contributed by atoms with Crippen LogP contribution in [0.15, 0.2) is 36.4 Å². The lowest BCUT2D eigenvalue weighted by Crippen LogP contribution is -2.02. The maximum atomic E-state index is 11.7. The zero-order chi connectivity index (χ0) is 17.9. The first kappa shape index (κ1) is 17.0. The quantitative estimate of drug-likeness (QED) is 0.377. The lowest BCUT2D eigenvalue weighted by molar-refractivity contribution is -0.385. The van der Waals surface area contributed by atoms with Crippen molar-refractivity contribution in [3.63, 3.8) is 0 Å². The smallest absolute Gasteiger partial charge is 0.336 e. The van der Waals surface area contributed by atoms with Crippen LogP contribution in [-0.4, -0.2) is 28.2 Å². The van der Waals surface area contributed by atoms with E-state index in [-0.39, 0.29) is 11.1 Å². The molecule has 0 heterocycles. The van der Waals surface area contributed by atoms with Gasteiger partial charge in [0.05, 0.1) is 17.6 Å². The molecular formula is C17H15NO6. The third-order valence-electron chi connectivity index (χ3n) is 3.38. The van der Waals surface area contributed by atoms with Crippen LogP contribution in [0.1, 0.15) is 16.7 Å². The molecule has 2 N–H and O–H groups in total. The minimum atomic E-state index is -1.20. The number of rotatable bonds is 5. The second-order valence-corrected chi connectivity index (χ2v) is 5.07. The fourth-order valence-electron chi connectivity index (χ4n) is 2.23. The van der Waals surface area contributed by atoms with Gasteiger partial charge in [0.15, 0.2) is 5.75 Å². The highest BCUT2D eigenvalue weighted by molar-refractivity contribution is 6.21. The summed E-state index contributed by atoms with van der Waals surface area (Å²) in [5, 5.41) is 29.9. The average molecular weight is 329 g/mol. The lowest BCUT2D eigenvalue weighted by Gasteiger charge is -2.10. The van der Waals surface area contributed by atoms with E-state index < -0.39 is 22.3 Å². The van der Waals surface area contributed by atoms with Gasteiger partial charge in [0, 0.05) is 11.6 Å². The molecule has 0 aliphatic rings. The first-order valence-electron chi connectivity index (χ1n) is 6.91. The molecule has 0 aliphatic carbocycles. The maximum Gasteiger partial charge on any atom is 0.336 e. The van der Waals surface area contributed by atoms with Crippen LogP contribution in [0, 0.1) is 17.0 Å². The van der Waals surface area contributed by atoms with Crippen LogP contribution in [0.5, 0.6) is 11.5 Å². The predicted molar refractivity (Wildman–Crippen MR) is 88.0 cm³/mol. The van der Waals surface area contributed by atoms with E-state index in [2.05, 4.69) is 0 Å². The molecule has 0 aliphatic heterocycles. The molecule has 7 nitrogen and oxygen atoms in total. The van der Waals surface area contributed by atoms with Gasteiger partial charge in [-0.05, 0) is 36.8 Å². The van der Waals surface area contributed by atoms with E-state index in [4.69, 9.17) is 4.74 Å². The molecular weight excluding hydrogens is 314 g/mol. The van der Waals surface area contributed by atoms with Crippen LogP contribution in [0.4, 0.5) is 5.69 Å². The standard InChI is InChI=1S/C17H15NO6/c1-10-3-6-16(24-2)12(7-10)13(17(20)21)8-11-4-5-15(19)14(9-11)18(22)23/h3-9,19H,1-2H3,(H,20,21)/b13-8-. The number of carboxylic acids is 1. The Labute approximate surface area is 137 Å². The molecule has 0 amide bonds. The Kier molecular flexibility index (Phi) is 4.84. The zero-order valence-electron chi connectivity index (χ0n) is 13.0. The number of phenols is 1. The molecule has 0 radical (unpaired) electrons. The second kappa shape index (κ2) is 6.82. The van der Waals surface area contributed by atoms with Gasteiger partial charge in [-0.25, -0.2) is 4.79 Å². The Hall–Kier alpha value is -3.35. The first-order valence-corrected chi connectivity index (χ1v) is 6.91. The molecule has 2 aromatic rings. The molecule has 0 atom stereocenters. The number of ether oxygens (including phenoxy) is 1. The van der Waals surface area contributed by atoms with Gasteiger partial charge < -0.3 is 14.9 Å². The van der Waals surface area contributed by atoms with E-state index in [1.54, 1.807) is 18.2 Å². The van der Waals surface area contributed by atoms with Gasteiger partial charge in [-0.2, -0.15) is 0 Å². The predicted octanol–water partition coefficient (Wildman–Crippen LogP) is 3.24. The molecule has 124 valence electrons. The van der Waals surface area contributed by atoms with E-state index in [1.807, 2.05) is 6.92 Å². The molecule has 0 bridgehead atoms. The van der Waals surface area contributed by atoms with E-state index in [9.17, 15) is 25.1 Å². The van der Waals surface area contributed by atoms with E-state index in [0.29, 0.717) is 11.3 Å². The highest BCUT2D eigenvalue weighted by atomic mass is 16.6. The monoisotopic (exact) mass is 329 g/mol. The van der Waals surface area contributed by atoms with Gasteiger partial charge in [0.25, 0.3) is 0 Å². The summed E-state index contributed by atoms with van der Waals surface area (Å²) in [5.74, 6) is -1.31. The number of hydrogen-bond acceptors (Lipinski definition) is 5. The molecule has 0 unspecified atom stereocenters. The van der Waals surface area contributed by atoms with E-state index in [0.717, 1.165) is 17.7 Å². The number of nitro benzene ring substituents is 1. The largest absolute Gasteiger partial charge is 0.502 e. The van der Waals surface area contributed by atoms with Crippen LogP contribution in [0.2, 0.25) is 0 Å². The molecule has 0 aromatic heterocycles. The van der Waals surface area contributed by atoms with Crippen molar-refractivity contribution in [2.75, 3.05) is 7.11 Å². The number of carboxylic acid groups (broad SMARTS) is 1. The van der Waals surface area contributed by atoms with Gasteiger partial charge in [0.2, 0.25) is 0 Å². The molecule has 24 heavy (non-hydrogen) atoms. The fraction of sp³-hybridized carbons (Fsp3) is 0.118. The minimum Gasteiger partial charge on any atom is -0.502 e. The number of hydrogen-bond donors (Lipinski definition) is 2. The Balaban J connectivity index is 2.63. The molecule has 2 rings (SSSR count). The normalized spacial score (nSPS) is 11.2. The van der Waals surface area contributed by atoms with Gasteiger partial charge >= 0.3 is 11.7 Å². The third-order valence-corrected chi connectivity index (χ3v) is 3.38. The summed E-state index contributed by atoms with van der Waals surface area (Å²) < 4.78 is 5.20. The van der Waals surface area contributed by atoms with Crippen molar-refractivity contribution < 1.29 is 24.7 Å². The molecule has 7 heteroatoms. The van der Waals surface area contributed by atoms with Crippen molar-refractivity contribution in [3.05, 3.63) is 63.2 Å². The summed E-state index contributed by atoms with van der Waals surface area (Å²) in [7, 11) is 1.43. The van der Waals surface area contributed by atoms with Crippen LogP contribution >= 0.6 is 0 Å². The van der Waals surface area contributed by atoms with Crippen LogP contribution < -0.4 is 4.74 Å². The number of methoxy groups -OCH3 is 1. The number of nitro groups is 1. The average Bonchev–Trinajstić information content (AvgIpc) is 2.53. The SMILES string of the molecule is COc1ccc(C)cc1/C(=C/c1ccc(O)c([N+](=O)[O-])c1)C(=O)O. The van der Waals surface area contributed by atoms with Crippen molar-refractivity contribution in [3.8, 4) is 11.5 Å². The summed E-state index contributed by atoms with van der Waals surface area (Å²) in [5.41, 5.74) is 0.913. The van der Waals surface area contributed by atoms with Crippen molar-refractivity contribution in [1.82, 2.24) is 0 Å². The number of aromatic hydroxyl groups is 1. The lowest BCUT2D eigenvalue weighted by atomic mass is 9.99. The van der Waals surface area contributed by atoms with Crippen LogP contribution in [-0.2, 0) is 4.79 Å². The van der Waals surface area contributed by atoms with Gasteiger partial charge in [-0.15, -0.1) is 0 Å². The number of nitrogens with zero attached hydrogens (tertiary/aromatic N) is 1. The summed E-state index contributed by atoms with van der Waals surface area (Å²) in [6.45, 7) is 1.81. The molecule has 0 spiro atoms. The van der Waals surface area contributed by atoms with E-state index >= 15 is 0 Å². The number of phenolic OH excluding ortho intramolecular Hbond substituents is 1. The second-order valence-electron chi connectivity index (χ2n) is 5.07. The first-order chi connectivity index (χ1) is 11.3. The molecule has 0 fully saturated rings. The number of aliphatic carboxylic acids is 1.